The Morgan fingerprint density at radius 2 is 1.82 bits per heavy atom. The molecule has 2 aromatic carbocycles. The number of esters is 1. The number of anilines is 1. The molecule has 0 unspecified atom stereocenters. The van der Waals surface area contributed by atoms with E-state index in [0.29, 0.717) is 15.7 Å². The lowest BCUT2D eigenvalue weighted by Crippen LogP contribution is -2.21. The third-order valence-electron chi connectivity index (χ3n) is 3.79. The standard InChI is InChI=1S/C21H17ClN2O3S/c1-14-7-2-4-10-17(14)24-19(25)13-27-21(26)15-8-6-12-23-20(15)28-18-11-5-3-9-16(18)22/h2-12H,13H2,1H3,(H,24,25). The van der Waals surface area contributed by atoms with Gasteiger partial charge in [0, 0.05) is 16.8 Å². The molecule has 28 heavy (non-hydrogen) atoms. The fraction of sp³-hybridized carbons (Fsp3) is 0.0952. The largest absolute Gasteiger partial charge is 0.452 e. The molecule has 7 heteroatoms. The van der Waals surface area contributed by atoms with Crippen LogP contribution in [0.1, 0.15) is 15.9 Å². The van der Waals surface area contributed by atoms with Crippen LogP contribution in [0.15, 0.2) is 76.8 Å². The maximum Gasteiger partial charge on any atom is 0.341 e. The van der Waals surface area contributed by atoms with Crippen LogP contribution in [0.4, 0.5) is 5.69 Å². The van der Waals surface area contributed by atoms with E-state index >= 15 is 0 Å². The first-order valence-corrected chi connectivity index (χ1v) is 9.64. The van der Waals surface area contributed by atoms with Crippen LogP contribution in [0.2, 0.25) is 5.02 Å². The Labute approximate surface area is 172 Å². The number of nitrogens with zero attached hydrogens (tertiary/aromatic N) is 1. The van der Waals surface area contributed by atoms with Crippen molar-refractivity contribution >= 4 is 40.9 Å². The number of pyridine rings is 1. The zero-order valence-corrected chi connectivity index (χ0v) is 16.6. The highest BCUT2D eigenvalue weighted by Gasteiger charge is 2.17. The molecule has 0 fully saturated rings. The van der Waals surface area contributed by atoms with Gasteiger partial charge in [0.2, 0.25) is 0 Å². The summed E-state index contributed by atoms with van der Waals surface area (Å²) in [7, 11) is 0. The molecule has 5 nitrogen and oxygen atoms in total. The van der Waals surface area contributed by atoms with Gasteiger partial charge in [0.25, 0.3) is 5.91 Å². The molecule has 0 spiro atoms. The SMILES string of the molecule is Cc1ccccc1NC(=O)COC(=O)c1cccnc1Sc1ccccc1Cl. The van der Waals surface area contributed by atoms with Gasteiger partial charge < -0.3 is 10.1 Å². The molecule has 0 bridgehead atoms. The highest BCUT2D eigenvalue weighted by atomic mass is 35.5. The number of hydrogen-bond donors (Lipinski definition) is 1. The highest BCUT2D eigenvalue weighted by Crippen LogP contribution is 2.33. The molecule has 1 amide bonds. The Hall–Kier alpha value is -2.83. The van der Waals surface area contributed by atoms with Gasteiger partial charge >= 0.3 is 5.97 Å². The lowest BCUT2D eigenvalue weighted by molar-refractivity contribution is -0.119. The van der Waals surface area contributed by atoms with E-state index < -0.39 is 18.5 Å². The third kappa shape index (κ3) is 5.12. The van der Waals surface area contributed by atoms with Crippen molar-refractivity contribution in [3.8, 4) is 0 Å². The summed E-state index contributed by atoms with van der Waals surface area (Å²) >= 11 is 7.44. The molecular weight excluding hydrogens is 396 g/mol. The van der Waals surface area contributed by atoms with E-state index in [9.17, 15) is 9.59 Å². The fourth-order valence-electron chi connectivity index (χ4n) is 2.37. The Bertz CT molecular complexity index is 1010. The van der Waals surface area contributed by atoms with Gasteiger partial charge in [0.1, 0.15) is 5.03 Å². The number of carbonyl (C=O) groups excluding carboxylic acids is 2. The maximum absolute atomic E-state index is 12.5. The van der Waals surface area contributed by atoms with Crippen molar-refractivity contribution in [2.75, 3.05) is 11.9 Å². The summed E-state index contributed by atoms with van der Waals surface area (Å²) < 4.78 is 5.17. The van der Waals surface area contributed by atoms with Crippen molar-refractivity contribution in [2.45, 2.75) is 16.8 Å². The minimum Gasteiger partial charge on any atom is -0.452 e. The van der Waals surface area contributed by atoms with Gasteiger partial charge in [-0.2, -0.15) is 0 Å². The number of halogens is 1. The highest BCUT2D eigenvalue weighted by molar-refractivity contribution is 7.99. The first-order valence-electron chi connectivity index (χ1n) is 8.44. The first-order chi connectivity index (χ1) is 13.5. The van der Waals surface area contributed by atoms with Gasteiger partial charge in [0.05, 0.1) is 10.6 Å². The van der Waals surface area contributed by atoms with Crippen molar-refractivity contribution in [1.29, 1.82) is 0 Å². The average Bonchev–Trinajstić information content (AvgIpc) is 2.70. The molecule has 3 rings (SSSR count). The van der Waals surface area contributed by atoms with Crippen molar-refractivity contribution in [3.63, 3.8) is 0 Å². The number of rotatable bonds is 6. The predicted octanol–water partition coefficient (Wildman–Crippen LogP) is 4.99. The Morgan fingerprint density at radius 1 is 1.07 bits per heavy atom. The molecule has 0 aliphatic heterocycles. The van der Waals surface area contributed by atoms with Gasteiger partial charge in [-0.05, 0) is 42.8 Å². The lowest BCUT2D eigenvalue weighted by atomic mass is 10.2. The smallest absolute Gasteiger partial charge is 0.341 e. The van der Waals surface area contributed by atoms with Crippen LogP contribution >= 0.6 is 23.4 Å². The normalized spacial score (nSPS) is 10.4. The van der Waals surface area contributed by atoms with Gasteiger partial charge in [-0.3, -0.25) is 4.79 Å². The van der Waals surface area contributed by atoms with Gasteiger partial charge in [-0.1, -0.05) is 53.7 Å². The second-order valence-corrected chi connectivity index (χ2v) is 7.27. The molecule has 3 aromatic rings. The van der Waals surface area contributed by atoms with Crippen molar-refractivity contribution < 1.29 is 14.3 Å². The summed E-state index contributed by atoms with van der Waals surface area (Å²) in [4.78, 5) is 29.6. The monoisotopic (exact) mass is 412 g/mol. The predicted molar refractivity (Wildman–Crippen MR) is 110 cm³/mol. The number of benzene rings is 2. The van der Waals surface area contributed by atoms with Crippen LogP contribution in [0, 0.1) is 6.92 Å². The number of nitrogens with one attached hydrogen (secondary N) is 1. The van der Waals surface area contributed by atoms with Crippen LogP contribution in [-0.2, 0) is 9.53 Å². The van der Waals surface area contributed by atoms with E-state index in [1.807, 2.05) is 43.3 Å². The third-order valence-corrected chi connectivity index (χ3v) is 5.32. The quantitative estimate of drug-likeness (QED) is 0.577. The molecule has 1 heterocycles. The minimum absolute atomic E-state index is 0.274. The molecule has 0 aliphatic rings. The zero-order valence-electron chi connectivity index (χ0n) is 15.0. The fourth-order valence-corrected chi connectivity index (χ4v) is 3.51. The van der Waals surface area contributed by atoms with Crippen molar-refractivity contribution in [3.05, 3.63) is 83.0 Å². The van der Waals surface area contributed by atoms with E-state index in [1.165, 1.54) is 11.8 Å². The van der Waals surface area contributed by atoms with Crippen LogP contribution in [0.5, 0.6) is 0 Å². The zero-order chi connectivity index (χ0) is 19.9. The second-order valence-electron chi connectivity index (χ2n) is 5.83. The Balaban J connectivity index is 1.65. The number of para-hydroxylation sites is 1. The van der Waals surface area contributed by atoms with Gasteiger partial charge in [-0.15, -0.1) is 0 Å². The molecule has 142 valence electrons. The molecule has 0 aliphatic carbocycles. The molecule has 0 saturated heterocycles. The summed E-state index contributed by atoms with van der Waals surface area (Å²) in [6.45, 7) is 1.49. The minimum atomic E-state index is -0.623. The van der Waals surface area contributed by atoms with E-state index in [4.69, 9.17) is 16.3 Å². The molecule has 1 aromatic heterocycles. The summed E-state index contributed by atoms with van der Waals surface area (Å²) in [6, 6.07) is 17.9. The maximum atomic E-state index is 12.5. The topological polar surface area (TPSA) is 68.3 Å². The Morgan fingerprint density at radius 3 is 2.61 bits per heavy atom. The van der Waals surface area contributed by atoms with Gasteiger partial charge in [-0.25, -0.2) is 9.78 Å². The summed E-state index contributed by atoms with van der Waals surface area (Å²) in [5.41, 5.74) is 1.88. The van der Waals surface area contributed by atoms with Crippen LogP contribution < -0.4 is 5.32 Å². The van der Waals surface area contributed by atoms with E-state index in [0.717, 1.165) is 10.5 Å². The summed E-state index contributed by atoms with van der Waals surface area (Å²) in [6.07, 6.45) is 1.58. The molecular formula is C21H17ClN2O3S. The number of ether oxygens (including phenoxy) is 1. The number of aryl methyl sites for hydroxylation is 1. The van der Waals surface area contributed by atoms with E-state index in [2.05, 4.69) is 10.3 Å². The van der Waals surface area contributed by atoms with Gasteiger partial charge in [0.15, 0.2) is 6.61 Å². The summed E-state index contributed by atoms with van der Waals surface area (Å²) in [5.74, 6) is -1.03. The molecule has 1 N–H and O–H groups in total. The van der Waals surface area contributed by atoms with Crippen LogP contribution in [-0.4, -0.2) is 23.5 Å². The first kappa shape index (κ1) is 19.9. The van der Waals surface area contributed by atoms with E-state index in [1.54, 1.807) is 30.5 Å². The van der Waals surface area contributed by atoms with Crippen molar-refractivity contribution in [2.24, 2.45) is 0 Å². The van der Waals surface area contributed by atoms with Crippen LogP contribution in [0.3, 0.4) is 0 Å². The lowest BCUT2D eigenvalue weighted by Gasteiger charge is -2.10. The number of carbonyl (C=O) groups is 2. The molecule has 0 radical (unpaired) electrons. The molecule has 0 atom stereocenters. The molecule has 0 saturated carbocycles. The number of aromatic nitrogens is 1. The van der Waals surface area contributed by atoms with E-state index in [-0.39, 0.29) is 5.56 Å². The summed E-state index contributed by atoms with van der Waals surface area (Å²) in [5, 5.41) is 3.75. The average molecular weight is 413 g/mol. The number of hydrogen-bond acceptors (Lipinski definition) is 5. The van der Waals surface area contributed by atoms with Crippen molar-refractivity contribution in [1.82, 2.24) is 4.98 Å². The second kappa shape index (κ2) is 9.39. The Kier molecular flexibility index (Phi) is 6.68. The number of amides is 1. The van der Waals surface area contributed by atoms with Crippen LogP contribution in [0.25, 0.3) is 0 Å².